The number of hydrogen-bond donors (Lipinski definition) is 0. The number of hydrogen-bond acceptors (Lipinski definition) is 5. The highest BCUT2D eigenvalue weighted by Crippen LogP contribution is 2.38. The molecule has 22 heavy (non-hydrogen) atoms. The van der Waals surface area contributed by atoms with Gasteiger partial charge >= 0.3 is 0 Å². The van der Waals surface area contributed by atoms with E-state index in [0.717, 1.165) is 0 Å². The lowest BCUT2D eigenvalue weighted by Gasteiger charge is -2.53. The summed E-state index contributed by atoms with van der Waals surface area (Å²) in [6.45, 7) is 5.76. The Hall–Kier alpha value is -1.99. The lowest BCUT2D eigenvalue weighted by atomic mass is 9.80. The zero-order valence-electron chi connectivity index (χ0n) is 12.6. The third-order valence-electron chi connectivity index (χ3n) is 4.12. The molecule has 1 spiro atoms. The molecule has 0 radical (unpaired) electrons. The van der Waals surface area contributed by atoms with Gasteiger partial charge in [-0.05, 0) is 19.9 Å². The van der Waals surface area contributed by atoms with E-state index in [1.54, 1.807) is 17.0 Å². The molecule has 3 rings (SSSR count). The van der Waals surface area contributed by atoms with E-state index in [0.29, 0.717) is 26.3 Å². The molecule has 0 atom stereocenters. The average molecular weight is 306 g/mol. The topological polar surface area (TPSA) is 81.9 Å². The van der Waals surface area contributed by atoms with Gasteiger partial charge in [0.15, 0.2) is 5.79 Å². The average Bonchev–Trinajstić information content (AvgIpc) is 2.45. The van der Waals surface area contributed by atoms with Gasteiger partial charge in [-0.1, -0.05) is 12.1 Å². The Morgan fingerprint density at radius 1 is 1.23 bits per heavy atom. The number of benzene rings is 1. The van der Waals surface area contributed by atoms with Crippen molar-refractivity contribution in [1.82, 2.24) is 4.90 Å². The van der Waals surface area contributed by atoms with Crippen LogP contribution in [0.5, 0.6) is 0 Å². The summed E-state index contributed by atoms with van der Waals surface area (Å²) in [5.41, 5.74) is -0.222. The maximum Gasteiger partial charge on any atom is 0.282 e. The van der Waals surface area contributed by atoms with Crippen LogP contribution in [-0.4, -0.2) is 47.8 Å². The molecule has 0 N–H and O–H groups in total. The Morgan fingerprint density at radius 3 is 2.41 bits per heavy atom. The van der Waals surface area contributed by atoms with Gasteiger partial charge < -0.3 is 14.4 Å². The van der Waals surface area contributed by atoms with Crippen LogP contribution in [0.15, 0.2) is 24.3 Å². The fourth-order valence-corrected chi connectivity index (χ4v) is 2.81. The molecule has 0 aliphatic carbocycles. The number of likely N-dealkylation sites (tertiary alicyclic amines) is 1. The summed E-state index contributed by atoms with van der Waals surface area (Å²) in [6, 6.07) is 6.02. The molecule has 0 aromatic heterocycles. The van der Waals surface area contributed by atoms with Gasteiger partial charge in [0.1, 0.15) is 5.56 Å². The molecular weight excluding hydrogens is 288 g/mol. The molecule has 118 valence electrons. The van der Waals surface area contributed by atoms with Crippen LogP contribution >= 0.6 is 0 Å². The van der Waals surface area contributed by atoms with Crippen molar-refractivity contribution in [2.45, 2.75) is 19.6 Å². The fourth-order valence-electron chi connectivity index (χ4n) is 2.81. The molecular formula is C15H18N2O5. The van der Waals surface area contributed by atoms with Gasteiger partial charge in [-0.2, -0.15) is 0 Å². The number of nitro groups is 1. The molecule has 0 saturated carbocycles. The molecule has 2 saturated heterocycles. The van der Waals surface area contributed by atoms with E-state index in [4.69, 9.17) is 9.47 Å². The van der Waals surface area contributed by atoms with Crippen molar-refractivity contribution in [2.75, 3.05) is 26.3 Å². The second-order valence-corrected chi connectivity index (χ2v) is 6.41. The Kier molecular flexibility index (Phi) is 3.41. The van der Waals surface area contributed by atoms with E-state index >= 15 is 0 Å². The first kappa shape index (κ1) is 14.9. The van der Waals surface area contributed by atoms with E-state index in [1.165, 1.54) is 12.1 Å². The second kappa shape index (κ2) is 5.03. The Labute approximate surface area is 128 Å². The number of carbonyl (C=O) groups excluding carboxylic acids is 1. The van der Waals surface area contributed by atoms with Crippen LogP contribution in [0.4, 0.5) is 5.69 Å². The summed E-state index contributed by atoms with van der Waals surface area (Å²) >= 11 is 0. The quantitative estimate of drug-likeness (QED) is 0.615. The molecule has 0 bridgehead atoms. The van der Waals surface area contributed by atoms with Crippen LogP contribution < -0.4 is 0 Å². The minimum Gasteiger partial charge on any atom is -0.350 e. The van der Waals surface area contributed by atoms with E-state index in [2.05, 4.69) is 0 Å². The van der Waals surface area contributed by atoms with Crippen LogP contribution in [0.3, 0.4) is 0 Å². The van der Waals surface area contributed by atoms with Crippen molar-refractivity contribution in [3.8, 4) is 0 Å². The largest absolute Gasteiger partial charge is 0.350 e. The van der Waals surface area contributed by atoms with Crippen molar-refractivity contribution in [1.29, 1.82) is 0 Å². The van der Waals surface area contributed by atoms with Crippen LogP contribution in [0.25, 0.3) is 0 Å². The van der Waals surface area contributed by atoms with Crippen molar-refractivity contribution in [3.63, 3.8) is 0 Å². The highest BCUT2D eigenvalue weighted by atomic mass is 16.7. The summed E-state index contributed by atoms with van der Waals surface area (Å²) in [6.07, 6.45) is 0. The van der Waals surface area contributed by atoms with Crippen molar-refractivity contribution < 1.29 is 19.2 Å². The molecule has 2 aliphatic rings. The Morgan fingerprint density at radius 2 is 1.82 bits per heavy atom. The molecule has 2 heterocycles. The summed E-state index contributed by atoms with van der Waals surface area (Å²) < 4.78 is 11.3. The van der Waals surface area contributed by atoms with Crippen molar-refractivity contribution >= 4 is 11.6 Å². The minimum absolute atomic E-state index is 0.125. The summed E-state index contributed by atoms with van der Waals surface area (Å²) in [5.74, 6) is -0.906. The number of nitrogens with zero attached hydrogens (tertiary/aromatic N) is 2. The number of ether oxygens (including phenoxy) is 2. The summed E-state index contributed by atoms with van der Waals surface area (Å²) in [5, 5.41) is 11.0. The highest BCUT2D eigenvalue weighted by Gasteiger charge is 2.50. The minimum atomic E-state index is -0.589. The van der Waals surface area contributed by atoms with E-state index in [9.17, 15) is 14.9 Å². The van der Waals surface area contributed by atoms with E-state index in [-0.39, 0.29) is 22.6 Å². The van der Waals surface area contributed by atoms with Gasteiger partial charge in [-0.15, -0.1) is 0 Å². The lowest BCUT2D eigenvalue weighted by molar-refractivity contribution is -0.385. The van der Waals surface area contributed by atoms with Crippen LogP contribution in [0.1, 0.15) is 24.2 Å². The zero-order valence-corrected chi connectivity index (χ0v) is 12.6. The zero-order chi connectivity index (χ0) is 16.0. The highest BCUT2D eigenvalue weighted by molar-refractivity contribution is 5.98. The molecule has 1 amide bonds. The monoisotopic (exact) mass is 306 g/mol. The Bertz CT molecular complexity index is 610. The standard InChI is InChI=1S/C15H18N2O5/c1-14(2)21-9-15(10-22-14)7-16(8-15)13(18)11-5-3-4-6-12(11)17(19)20/h3-6H,7-10H2,1-2H3. The first-order chi connectivity index (χ1) is 10.3. The third-order valence-corrected chi connectivity index (χ3v) is 4.12. The molecule has 1 aromatic rings. The first-order valence-corrected chi connectivity index (χ1v) is 7.13. The maximum atomic E-state index is 12.4. The molecule has 7 heteroatoms. The number of carbonyl (C=O) groups is 1. The van der Waals surface area contributed by atoms with Crippen LogP contribution in [0.2, 0.25) is 0 Å². The van der Waals surface area contributed by atoms with Gasteiger partial charge in [0.05, 0.1) is 23.6 Å². The fraction of sp³-hybridized carbons (Fsp3) is 0.533. The van der Waals surface area contributed by atoms with Crippen LogP contribution in [-0.2, 0) is 9.47 Å². The SMILES string of the molecule is CC1(C)OCC2(CO1)CN(C(=O)c1ccccc1[N+](=O)[O-])C2. The molecule has 0 unspecified atom stereocenters. The smallest absolute Gasteiger partial charge is 0.282 e. The third kappa shape index (κ3) is 2.57. The van der Waals surface area contributed by atoms with E-state index in [1.807, 2.05) is 13.8 Å². The van der Waals surface area contributed by atoms with Gasteiger partial charge in [0, 0.05) is 19.2 Å². The summed E-state index contributed by atoms with van der Waals surface area (Å²) in [4.78, 5) is 24.5. The molecule has 2 fully saturated rings. The summed E-state index contributed by atoms with van der Waals surface area (Å²) in [7, 11) is 0. The number of amides is 1. The number of para-hydroxylation sites is 1. The van der Waals surface area contributed by atoms with Gasteiger partial charge in [-0.25, -0.2) is 0 Å². The van der Waals surface area contributed by atoms with Crippen LogP contribution in [0, 0.1) is 15.5 Å². The molecule has 7 nitrogen and oxygen atoms in total. The van der Waals surface area contributed by atoms with Gasteiger partial charge in [0.2, 0.25) is 0 Å². The van der Waals surface area contributed by atoms with Gasteiger partial charge in [-0.3, -0.25) is 14.9 Å². The predicted octanol–water partition coefficient (Wildman–Crippen LogP) is 1.82. The van der Waals surface area contributed by atoms with Crippen molar-refractivity contribution in [2.24, 2.45) is 5.41 Å². The van der Waals surface area contributed by atoms with Crippen molar-refractivity contribution in [3.05, 3.63) is 39.9 Å². The molecule has 1 aromatic carbocycles. The molecule has 2 aliphatic heterocycles. The maximum absolute atomic E-state index is 12.4. The first-order valence-electron chi connectivity index (χ1n) is 7.13. The Balaban J connectivity index is 1.69. The number of nitro benzene ring substituents is 1. The predicted molar refractivity (Wildman–Crippen MR) is 77.4 cm³/mol. The second-order valence-electron chi connectivity index (χ2n) is 6.41. The number of rotatable bonds is 2. The van der Waals surface area contributed by atoms with E-state index < -0.39 is 10.7 Å². The lowest BCUT2D eigenvalue weighted by Crippen LogP contribution is -2.65. The normalized spacial score (nSPS) is 22.2. The van der Waals surface area contributed by atoms with Gasteiger partial charge in [0.25, 0.3) is 11.6 Å².